The van der Waals surface area contributed by atoms with Gasteiger partial charge < -0.3 is 15.9 Å². The average molecular weight is 343 g/mol. The summed E-state index contributed by atoms with van der Waals surface area (Å²) in [5.41, 5.74) is 9.15. The molecule has 0 radical (unpaired) electrons. The molecule has 2 heterocycles. The number of aromatic nitrogens is 3. The highest BCUT2D eigenvalue weighted by atomic mass is 16.3. The summed E-state index contributed by atoms with van der Waals surface area (Å²) in [5, 5.41) is 36.3. The minimum Gasteiger partial charge on any atom is -0.508 e. The number of aromatic hydroxyl groups is 2. The van der Waals surface area contributed by atoms with E-state index in [2.05, 4.69) is 21.3 Å². The van der Waals surface area contributed by atoms with Crippen LogP contribution in [0.25, 0.3) is 33.4 Å². The van der Waals surface area contributed by atoms with Crippen LogP contribution >= 0.6 is 0 Å². The molecule has 5 N–H and O–H groups in total. The Morgan fingerprint density at radius 3 is 2.08 bits per heavy atom. The lowest BCUT2D eigenvalue weighted by Gasteiger charge is -2.11. The topological polar surface area (TPSA) is 132 Å². The number of hydrogen-bond donors (Lipinski definition) is 4. The van der Waals surface area contributed by atoms with Crippen LogP contribution in [-0.2, 0) is 0 Å². The summed E-state index contributed by atoms with van der Waals surface area (Å²) < 4.78 is 0. The molecule has 126 valence electrons. The number of H-pyrrole nitrogens is 1. The summed E-state index contributed by atoms with van der Waals surface area (Å²) in [4.78, 5) is 4.49. The second-order valence-electron chi connectivity index (χ2n) is 5.75. The van der Waals surface area contributed by atoms with Gasteiger partial charge in [0, 0.05) is 11.1 Å². The Balaban J connectivity index is 2.11. The monoisotopic (exact) mass is 343 g/mol. The smallest absolute Gasteiger partial charge is 0.184 e. The Morgan fingerprint density at radius 1 is 0.923 bits per heavy atom. The molecule has 0 aliphatic carbocycles. The zero-order valence-electron chi connectivity index (χ0n) is 13.4. The van der Waals surface area contributed by atoms with E-state index >= 15 is 0 Å². The highest BCUT2D eigenvalue weighted by Gasteiger charge is 2.21. The highest BCUT2D eigenvalue weighted by molar-refractivity contribution is 6.04. The number of nitrogen functional groups attached to an aromatic ring is 1. The number of nitrogens with zero attached hydrogens (tertiary/aromatic N) is 3. The Hall–Kier alpha value is -4.05. The molecule has 0 fully saturated rings. The number of aromatic amines is 1. The molecule has 26 heavy (non-hydrogen) atoms. The third kappa shape index (κ3) is 2.37. The van der Waals surface area contributed by atoms with Crippen LogP contribution in [0, 0.1) is 11.3 Å². The van der Waals surface area contributed by atoms with Crippen molar-refractivity contribution in [3.05, 3.63) is 54.1 Å². The van der Waals surface area contributed by atoms with Crippen LogP contribution in [0.5, 0.6) is 11.5 Å². The molecule has 2 aromatic heterocycles. The van der Waals surface area contributed by atoms with Crippen molar-refractivity contribution >= 4 is 16.9 Å². The van der Waals surface area contributed by atoms with Crippen LogP contribution in [0.4, 0.5) is 5.82 Å². The lowest BCUT2D eigenvalue weighted by Crippen LogP contribution is -1.97. The summed E-state index contributed by atoms with van der Waals surface area (Å²) in [6.07, 6.45) is 0. The van der Waals surface area contributed by atoms with Crippen molar-refractivity contribution in [2.24, 2.45) is 0 Å². The van der Waals surface area contributed by atoms with Crippen molar-refractivity contribution < 1.29 is 10.2 Å². The van der Waals surface area contributed by atoms with Gasteiger partial charge in [-0.25, -0.2) is 4.98 Å². The van der Waals surface area contributed by atoms with E-state index in [0.29, 0.717) is 44.8 Å². The molecule has 0 bridgehead atoms. The van der Waals surface area contributed by atoms with Gasteiger partial charge in [0.15, 0.2) is 5.65 Å². The number of hydrogen-bond acceptors (Lipinski definition) is 6. The second kappa shape index (κ2) is 5.79. The number of fused-ring (bicyclic) bond motifs is 1. The van der Waals surface area contributed by atoms with Crippen molar-refractivity contribution in [1.29, 1.82) is 5.26 Å². The largest absolute Gasteiger partial charge is 0.508 e. The van der Waals surface area contributed by atoms with Crippen LogP contribution in [0.3, 0.4) is 0 Å². The highest BCUT2D eigenvalue weighted by Crippen LogP contribution is 2.38. The molecule has 0 aliphatic rings. The number of nitrogens with one attached hydrogen (secondary N) is 1. The van der Waals surface area contributed by atoms with Crippen LogP contribution in [0.15, 0.2) is 48.5 Å². The van der Waals surface area contributed by atoms with Crippen LogP contribution < -0.4 is 5.73 Å². The van der Waals surface area contributed by atoms with Gasteiger partial charge in [-0.05, 0) is 42.0 Å². The van der Waals surface area contributed by atoms with Gasteiger partial charge in [-0.2, -0.15) is 10.4 Å². The first-order valence-electron chi connectivity index (χ1n) is 7.75. The molecule has 4 rings (SSSR count). The molecular formula is C19H13N5O2. The van der Waals surface area contributed by atoms with E-state index in [9.17, 15) is 15.5 Å². The van der Waals surface area contributed by atoms with Gasteiger partial charge in [0.2, 0.25) is 0 Å². The van der Waals surface area contributed by atoms with Gasteiger partial charge in [0.05, 0.1) is 16.6 Å². The summed E-state index contributed by atoms with van der Waals surface area (Å²) in [6.45, 7) is 0. The molecule has 0 amide bonds. The predicted molar refractivity (Wildman–Crippen MR) is 97.2 cm³/mol. The quantitative estimate of drug-likeness (QED) is 0.442. The van der Waals surface area contributed by atoms with E-state index in [1.165, 1.54) is 12.1 Å². The zero-order chi connectivity index (χ0) is 18.3. The molecule has 0 aliphatic heterocycles. The van der Waals surface area contributed by atoms with E-state index in [4.69, 9.17) is 5.73 Å². The third-order valence-corrected chi connectivity index (χ3v) is 4.14. The van der Waals surface area contributed by atoms with E-state index < -0.39 is 0 Å². The van der Waals surface area contributed by atoms with Crippen LogP contribution in [-0.4, -0.2) is 25.4 Å². The van der Waals surface area contributed by atoms with Crippen molar-refractivity contribution in [3.8, 4) is 40.0 Å². The van der Waals surface area contributed by atoms with E-state index in [1.54, 1.807) is 36.4 Å². The van der Waals surface area contributed by atoms with Crippen molar-refractivity contribution in [3.63, 3.8) is 0 Å². The number of nitrogens with two attached hydrogens (primary N) is 1. The van der Waals surface area contributed by atoms with Crippen molar-refractivity contribution in [2.75, 3.05) is 5.73 Å². The van der Waals surface area contributed by atoms with Crippen LogP contribution in [0.2, 0.25) is 0 Å². The zero-order valence-corrected chi connectivity index (χ0v) is 13.4. The third-order valence-electron chi connectivity index (χ3n) is 4.14. The number of anilines is 1. The summed E-state index contributed by atoms with van der Waals surface area (Å²) in [7, 11) is 0. The first-order chi connectivity index (χ1) is 12.6. The maximum atomic E-state index is 9.86. The molecule has 7 heteroatoms. The standard InChI is InChI=1S/C19H13N5O2/c20-9-14-15(10-1-5-12(25)6-2-10)16-18(21)23-24-19(16)22-17(14)11-3-7-13(26)8-4-11/h1-8,25-26H,(H3,21,22,23,24). The molecule has 0 saturated carbocycles. The fourth-order valence-electron chi connectivity index (χ4n) is 2.93. The minimum absolute atomic E-state index is 0.121. The lowest BCUT2D eigenvalue weighted by atomic mass is 9.94. The SMILES string of the molecule is N#Cc1c(-c2ccc(O)cc2)nc2n[nH]c(N)c2c1-c1ccc(O)cc1. The summed E-state index contributed by atoms with van der Waals surface area (Å²) >= 11 is 0. The number of benzene rings is 2. The predicted octanol–water partition coefficient (Wildman–Crippen LogP) is 3.16. The number of rotatable bonds is 2. The normalized spacial score (nSPS) is 10.7. The molecule has 7 nitrogen and oxygen atoms in total. The Morgan fingerprint density at radius 2 is 1.50 bits per heavy atom. The Bertz CT molecular complexity index is 1160. The maximum Gasteiger partial charge on any atom is 0.184 e. The van der Waals surface area contributed by atoms with E-state index in [-0.39, 0.29) is 11.5 Å². The summed E-state index contributed by atoms with van der Waals surface area (Å²) in [6, 6.07) is 15.1. The van der Waals surface area contributed by atoms with Crippen molar-refractivity contribution in [1.82, 2.24) is 15.2 Å². The van der Waals surface area contributed by atoms with Crippen LogP contribution in [0.1, 0.15) is 5.56 Å². The van der Waals surface area contributed by atoms with Gasteiger partial charge in [0.1, 0.15) is 23.4 Å². The minimum atomic E-state index is 0.121. The van der Waals surface area contributed by atoms with Gasteiger partial charge >= 0.3 is 0 Å². The van der Waals surface area contributed by atoms with Gasteiger partial charge in [-0.1, -0.05) is 12.1 Å². The number of phenolic OH excluding ortho intramolecular Hbond substituents is 2. The molecule has 0 unspecified atom stereocenters. The molecule has 0 atom stereocenters. The molecule has 0 spiro atoms. The summed E-state index contributed by atoms with van der Waals surface area (Å²) in [5.74, 6) is 0.553. The van der Waals surface area contributed by atoms with Gasteiger partial charge in [0.25, 0.3) is 0 Å². The second-order valence-corrected chi connectivity index (χ2v) is 5.75. The Kier molecular flexibility index (Phi) is 3.45. The molecule has 2 aromatic carbocycles. The van der Waals surface area contributed by atoms with Gasteiger partial charge in [-0.15, -0.1) is 0 Å². The number of nitriles is 1. The van der Waals surface area contributed by atoms with E-state index in [0.717, 1.165) is 0 Å². The first kappa shape index (κ1) is 15.5. The number of phenols is 2. The van der Waals surface area contributed by atoms with Gasteiger partial charge in [-0.3, -0.25) is 5.10 Å². The Labute approximate surface area is 148 Å². The maximum absolute atomic E-state index is 9.86. The first-order valence-corrected chi connectivity index (χ1v) is 7.75. The average Bonchev–Trinajstić information content (AvgIpc) is 3.02. The molecule has 0 saturated heterocycles. The lowest BCUT2D eigenvalue weighted by molar-refractivity contribution is 0.475. The number of pyridine rings is 1. The van der Waals surface area contributed by atoms with E-state index in [1.807, 2.05) is 0 Å². The van der Waals surface area contributed by atoms with Crippen molar-refractivity contribution in [2.45, 2.75) is 0 Å². The molecule has 4 aromatic rings. The fourth-order valence-corrected chi connectivity index (χ4v) is 2.93. The molecular weight excluding hydrogens is 330 g/mol. The fraction of sp³-hybridized carbons (Fsp3) is 0.